The molecular weight excluding hydrogens is 268 g/mol. The first-order valence-electron chi connectivity index (χ1n) is 3.56. The number of nitrogens with zero attached hydrogens (tertiary/aromatic N) is 3. The van der Waals surface area contributed by atoms with Crippen molar-refractivity contribution < 1.29 is 4.79 Å². The number of carbonyl (C=O) groups excluding carboxylic acids is 1. The molecule has 0 aliphatic carbocycles. The molecule has 7 heteroatoms. The first-order valence-corrected chi connectivity index (χ1v) is 4.44. The summed E-state index contributed by atoms with van der Waals surface area (Å²) in [6.07, 6.45) is 2.84. The number of hydrogen-bond acceptors (Lipinski definition) is 4. The first kappa shape index (κ1) is 10.9. The Bertz CT molecular complexity index is 386. The average molecular weight is 275 g/mol. The van der Waals surface area contributed by atoms with E-state index in [0.717, 1.165) is 0 Å². The number of amides is 1. The lowest BCUT2D eigenvalue weighted by molar-refractivity contribution is 0.101. The molecule has 2 aromatic rings. The van der Waals surface area contributed by atoms with Crippen LogP contribution < -0.4 is 5.43 Å². The Kier molecular flexibility index (Phi) is 3.78. The van der Waals surface area contributed by atoms with Gasteiger partial charge in [-0.3, -0.25) is 10.2 Å². The third kappa shape index (κ3) is 2.39. The molecule has 0 bridgehead atoms. The van der Waals surface area contributed by atoms with Crippen molar-refractivity contribution in [3.05, 3.63) is 35.0 Å². The van der Waals surface area contributed by atoms with Crippen LogP contribution >= 0.6 is 28.3 Å². The van der Waals surface area contributed by atoms with Gasteiger partial charge in [0.05, 0.1) is 4.88 Å². The van der Waals surface area contributed by atoms with Gasteiger partial charge in [0.1, 0.15) is 12.7 Å². The summed E-state index contributed by atoms with van der Waals surface area (Å²) in [6, 6.07) is 3.58. The van der Waals surface area contributed by atoms with Crippen LogP contribution in [0, 0.1) is 0 Å². The average Bonchev–Trinajstić information content (AvgIpc) is 2.74. The fourth-order valence-corrected chi connectivity index (χ4v) is 1.45. The molecule has 1 amide bonds. The Hall–Kier alpha value is -1.21. The summed E-state index contributed by atoms with van der Waals surface area (Å²) in [4.78, 5) is 12.1. The van der Waals surface area contributed by atoms with Crippen molar-refractivity contribution in [2.75, 3.05) is 5.43 Å². The number of carbonyl (C=O) groups is 1. The molecule has 0 aliphatic heterocycles. The number of nitrogens with one attached hydrogen (secondary N) is 1. The van der Waals surface area contributed by atoms with Crippen LogP contribution in [0.5, 0.6) is 0 Å². The quantitative estimate of drug-likeness (QED) is 0.898. The molecule has 1 N–H and O–H groups in total. The molecule has 0 unspecified atom stereocenters. The minimum absolute atomic E-state index is 0. The van der Waals surface area contributed by atoms with Gasteiger partial charge in [0.15, 0.2) is 0 Å². The van der Waals surface area contributed by atoms with Crippen molar-refractivity contribution in [3.8, 4) is 0 Å². The van der Waals surface area contributed by atoms with E-state index in [4.69, 9.17) is 0 Å². The summed E-state index contributed by atoms with van der Waals surface area (Å²) >= 11 is 1.39. The van der Waals surface area contributed by atoms with Crippen LogP contribution in [0.25, 0.3) is 0 Å². The van der Waals surface area contributed by atoms with E-state index >= 15 is 0 Å². The Morgan fingerprint density at radius 3 is 2.71 bits per heavy atom. The Morgan fingerprint density at radius 2 is 2.14 bits per heavy atom. The summed E-state index contributed by atoms with van der Waals surface area (Å²) < 4.78 is 1.40. The maximum absolute atomic E-state index is 11.4. The van der Waals surface area contributed by atoms with Crippen LogP contribution in [0.15, 0.2) is 30.2 Å². The highest BCUT2D eigenvalue weighted by molar-refractivity contribution is 8.93. The minimum Gasteiger partial charge on any atom is -0.266 e. The molecule has 2 rings (SSSR count). The van der Waals surface area contributed by atoms with Gasteiger partial charge in [-0.1, -0.05) is 6.07 Å². The predicted molar refractivity (Wildman–Crippen MR) is 58.4 cm³/mol. The number of halogens is 1. The fraction of sp³-hybridized carbons (Fsp3) is 0. The van der Waals surface area contributed by atoms with Crippen molar-refractivity contribution in [2.45, 2.75) is 0 Å². The lowest BCUT2D eigenvalue weighted by atomic mass is 10.4. The maximum atomic E-state index is 11.4. The Morgan fingerprint density at radius 1 is 1.43 bits per heavy atom. The summed E-state index contributed by atoms with van der Waals surface area (Å²) in [5, 5.41) is 8.96. The molecule has 5 nitrogen and oxygen atoms in total. The van der Waals surface area contributed by atoms with Gasteiger partial charge in [0, 0.05) is 0 Å². The van der Waals surface area contributed by atoms with E-state index in [0.29, 0.717) is 4.88 Å². The molecule has 0 saturated carbocycles. The second-order valence-corrected chi connectivity index (χ2v) is 3.24. The van der Waals surface area contributed by atoms with Gasteiger partial charge in [-0.15, -0.1) is 38.5 Å². The molecule has 0 fully saturated rings. The molecule has 2 heterocycles. The lowest BCUT2D eigenvalue weighted by Gasteiger charge is -2.00. The van der Waals surface area contributed by atoms with E-state index in [1.807, 2.05) is 11.4 Å². The van der Waals surface area contributed by atoms with Crippen molar-refractivity contribution >= 4 is 34.2 Å². The number of hydrogen-bond donors (Lipinski definition) is 1. The third-order valence-corrected chi connectivity index (χ3v) is 2.26. The third-order valence-electron chi connectivity index (χ3n) is 1.39. The molecule has 0 aromatic carbocycles. The van der Waals surface area contributed by atoms with Gasteiger partial charge in [0.2, 0.25) is 0 Å². The minimum atomic E-state index is -0.158. The SMILES string of the molecule is Br.O=C(Nn1cnnc1)c1cccs1. The lowest BCUT2D eigenvalue weighted by Crippen LogP contribution is -2.20. The summed E-state index contributed by atoms with van der Waals surface area (Å²) in [5.41, 5.74) is 2.59. The van der Waals surface area contributed by atoms with E-state index in [1.54, 1.807) is 6.07 Å². The summed E-state index contributed by atoms with van der Waals surface area (Å²) in [7, 11) is 0. The molecule has 0 aliphatic rings. The van der Waals surface area contributed by atoms with E-state index in [9.17, 15) is 4.79 Å². The molecule has 0 radical (unpaired) electrons. The zero-order valence-electron chi connectivity index (χ0n) is 6.95. The number of aromatic nitrogens is 3. The number of rotatable bonds is 2. The van der Waals surface area contributed by atoms with E-state index in [2.05, 4.69) is 15.6 Å². The van der Waals surface area contributed by atoms with Gasteiger partial charge in [-0.05, 0) is 11.4 Å². The molecule has 0 atom stereocenters. The fourth-order valence-electron chi connectivity index (χ4n) is 0.839. The molecule has 74 valence electrons. The zero-order chi connectivity index (χ0) is 9.10. The van der Waals surface area contributed by atoms with Gasteiger partial charge in [-0.2, -0.15) is 0 Å². The highest BCUT2D eigenvalue weighted by atomic mass is 79.9. The second-order valence-electron chi connectivity index (χ2n) is 2.29. The van der Waals surface area contributed by atoms with Gasteiger partial charge >= 0.3 is 0 Å². The molecule has 0 saturated heterocycles. The van der Waals surface area contributed by atoms with Crippen LogP contribution in [0.3, 0.4) is 0 Å². The molecule has 2 aromatic heterocycles. The van der Waals surface area contributed by atoms with Crippen LogP contribution in [0.1, 0.15) is 9.67 Å². The van der Waals surface area contributed by atoms with Crippen LogP contribution in [-0.4, -0.2) is 20.8 Å². The van der Waals surface area contributed by atoms with Crippen LogP contribution in [-0.2, 0) is 0 Å². The first-order chi connectivity index (χ1) is 6.36. The predicted octanol–water partition coefficient (Wildman–Crippen LogP) is 1.30. The standard InChI is InChI=1S/C7H6N4OS.BrH/c12-7(6-2-1-3-13-6)10-11-4-8-9-5-11;/h1-5H,(H,10,12);1H. The Balaban J connectivity index is 0.000000980. The zero-order valence-corrected chi connectivity index (χ0v) is 9.48. The Labute approximate surface area is 94.5 Å². The highest BCUT2D eigenvalue weighted by Gasteiger charge is 2.05. The van der Waals surface area contributed by atoms with Gasteiger partial charge < -0.3 is 0 Å². The largest absolute Gasteiger partial charge is 0.280 e. The van der Waals surface area contributed by atoms with Crippen molar-refractivity contribution in [1.29, 1.82) is 0 Å². The highest BCUT2D eigenvalue weighted by Crippen LogP contribution is 2.07. The van der Waals surface area contributed by atoms with E-state index in [-0.39, 0.29) is 22.9 Å². The normalized spacial score (nSPS) is 9.14. The summed E-state index contributed by atoms with van der Waals surface area (Å²) in [6.45, 7) is 0. The van der Waals surface area contributed by atoms with E-state index < -0.39 is 0 Å². The summed E-state index contributed by atoms with van der Waals surface area (Å²) in [5.74, 6) is -0.158. The van der Waals surface area contributed by atoms with Crippen LogP contribution in [0.4, 0.5) is 0 Å². The monoisotopic (exact) mass is 274 g/mol. The van der Waals surface area contributed by atoms with Crippen LogP contribution in [0.2, 0.25) is 0 Å². The van der Waals surface area contributed by atoms with Crippen molar-refractivity contribution in [2.24, 2.45) is 0 Å². The maximum Gasteiger partial charge on any atom is 0.280 e. The van der Waals surface area contributed by atoms with Crippen molar-refractivity contribution in [1.82, 2.24) is 14.9 Å². The molecule has 0 spiro atoms. The van der Waals surface area contributed by atoms with Gasteiger partial charge in [-0.25, -0.2) is 4.68 Å². The topological polar surface area (TPSA) is 59.8 Å². The second kappa shape index (κ2) is 4.87. The molecular formula is C7H7BrN4OS. The number of thiophene rings is 1. The van der Waals surface area contributed by atoms with E-state index in [1.165, 1.54) is 28.7 Å². The van der Waals surface area contributed by atoms with Crippen molar-refractivity contribution in [3.63, 3.8) is 0 Å². The molecule has 14 heavy (non-hydrogen) atoms. The van der Waals surface area contributed by atoms with Gasteiger partial charge in [0.25, 0.3) is 5.91 Å². The smallest absolute Gasteiger partial charge is 0.266 e.